The first-order chi connectivity index (χ1) is 14.1. The maximum Gasteiger partial charge on any atom is 0.300 e. The van der Waals surface area contributed by atoms with Crippen molar-refractivity contribution in [1.29, 1.82) is 5.26 Å². The first kappa shape index (κ1) is 18.1. The van der Waals surface area contributed by atoms with Gasteiger partial charge in [0.05, 0.1) is 23.2 Å². The summed E-state index contributed by atoms with van der Waals surface area (Å²) in [5, 5.41) is 19.9. The molecule has 1 aliphatic heterocycles. The predicted molar refractivity (Wildman–Crippen MR) is 107 cm³/mol. The average molecular weight is 381 g/mol. The number of aliphatic hydroxyl groups excluding tert-OH is 1. The number of rotatable bonds is 3. The molecular formula is C23H15N3O3. The van der Waals surface area contributed by atoms with E-state index >= 15 is 0 Å². The number of hydrogen-bond donors (Lipinski definition) is 1. The van der Waals surface area contributed by atoms with Gasteiger partial charge in [0.15, 0.2) is 0 Å². The third-order valence-electron chi connectivity index (χ3n) is 4.79. The van der Waals surface area contributed by atoms with Crippen molar-refractivity contribution in [3.8, 4) is 6.07 Å². The Morgan fingerprint density at radius 3 is 2.24 bits per heavy atom. The summed E-state index contributed by atoms with van der Waals surface area (Å²) in [6, 6.07) is 19.6. The number of anilines is 1. The highest BCUT2D eigenvalue weighted by Crippen LogP contribution is 2.41. The van der Waals surface area contributed by atoms with Crippen LogP contribution in [0.3, 0.4) is 0 Å². The van der Waals surface area contributed by atoms with E-state index in [9.17, 15) is 14.7 Å². The number of carbonyl (C=O) groups is 2. The number of pyridine rings is 1. The van der Waals surface area contributed by atoms with E-state index in [-0.39, 0.29) is 11.3 Å². The molecule has 1 atom stereocenters. The second kappa shape index (κ2) is 7.41. The monoisotopic (exact) mass is 381 g/mol. The van der Waals surface area contributed by atoms with Crippen LogP contribution in [0.1, 0.15) is 22.7 Å². The normalized spacial score (nSPS) is 17.9. The molecule has 1 amide bonds. The van der Waals surface area contributed by atoms with Gasteiger partial charge < -0.3 is 5.11 Å². The number of ketones is 1. The lowest BCUT2D eigenvalue weighted by molar-refractivity contribution is -0.132. The van der Waals surface area contributed by atoms with Crippen molar-refractivity contribution in [3.63, 3.8) is 0 Å². The van der Waals surface area contributed by atoms with E-state index in [4.69, 9.17) is 5.26 Å². The Balaban J connectivity index is 1.93. The van der Waals surface area contributed by atoms with E-state index in [2.05, 4.69) is 4.98 Å². The Bertz CT molecular complexity index is 1150. The Hall–Kier alpha value is -4.24. The number of benzene rings is 2. The molecule has 1 fully saturated rings. The van der Waals surface area contributed by atoms with E-state index in [1.807, 2.05) is 6.07 Å². The van der Waals surface area contributed by atoms with Crippen LogP contribution in [0.4, 0.5) is 5.69 Å². The Kier molecular flexibility index (Phi) is 4.63. The maximum absolute atomic E-state index is 12.9. The molecule has 29 heavy (non-hydrogen) atoms. The van der Waals surface area contributed by atoms with Crippen molar-refractivity contribution >= 4 is 23.1 Å². The van der Waals surface area contributed by atoms with E-state index in [1.54, 1.807) is 79.1 Å². The first-order valence-corrected chi connectivity index (χ1v) is 8.88. The van der Waals surface area contributed by atoms with Crippen LogP contribution in [-0.2, 0) is 9.59 Å². The summed E-state index contributed by atoms with van der Waals surface area (Å²) in [5.41, 5.74) is 2.00. The van der Waals surface area contributed by atoms with Crippen molar-refractivity contribution in [3.05, 3.63) is 101 Å². The summed E-state index contributed by atoms with van der Waals surface area (Å²) in [5.74, 6) is -1.74. The van der Waals surface area contributed by atoms with Crippen LogP contribution in [0, 0.1) is 11.3 Å². The van der Waals surface area contributed by atoms with Crippen LogP contribution >= 0.6 is 0 Å². The van der Waals surface area contributed by atoms with Gasteiger partial charge in [-0.3, -0.25) is 19.5 Å². The number of aliphatic hydroxyl groups is 1. The number of aromatic nitrogens is 1. The van der Waals surface area contributed by atoms with Gasteiger partial charge in [-0.05, 0) is 42.0 Å². The fourth-order valence-corrected chi connectivity index (χ4v) is 3.41. The van der Waals surface area contributed by atoms with Crippen molar-refractivity contribution in [2.75, 3.05) is 4.90 Å². The van der Waals surface area contributed by atoms with Gasteiger partial charge in [-0.15, -0.1) is 0 Å². The van der Waals surface area contributed by atoms with Gasteiger partial charge in [-0.2, -0.15) is 5.26 Å². The molecule has 1 aliphatic rings. The molecule has 0 aliphatic carbocycles. The lowest BCUT2D eigenvalue weighted by atomic mass is 9.96. The lowest BCUT2D eigenvalue weighted by Gasteiger charge is -2.25. The quantitative estimate of drug-likeness (QED) is 0.425. The van der Waals surface area contributed by atoms with E-state index < -0.39 is 17.7 Å². The molecule has 1 unspecified atom stereocenters. The highest BCUT2D eigenvalue weighted by molar-refractivity contribution is 6.51. The van der Waals surface area contributed by atoms with Gasteiger partial charge in [0.1, 0.15) is 5.76 Å². The van der Waals surface area contributed by atoms with Gasteiger partial charge in [-0.25, -0.2) is 0 Å². The zero-order valence-electron chi connectivity index (χ0n) is 15.2. The summed E-state index contributed by atoms with van der Waals surface area (Å²) in [6.07, 6.45) is 3.13. The third-order valence-corrected chi connectivity index (χ3v) is 4.79. The maximum atomic E-state index is 12.9. The summed E-state index contributed by atoms with van der Waals surface area (Å²) in [4.78, 5) is 31.2. The van der Waals surface area contributed by atoms with Crippen LogP contribution in [0.25, 0.3) is 5.76 Å². The lowest BCUT2D eigenvalue weighted by Crippen LogP contribution is -2.29. The second-order valence-electron chi connectivity index (χ2n) is 6.47. The number of amides is 1. The summed E-state index contributed by atoms with van der Waals surface area (Å²) >= 11 is 0. The van der Waals surface area contributed by atoms with Crippen LogP contribution in [0.15, 0.2) is 84.7 Å². The van der Waals surface area contributed by atoms with E-state index in [1.165, 1.54) is 4.90 Å². The molecule has 0 spiro atoms. The second-order valence-corrected chi connectivity index (χ2v) is 6.47. The SMILES string of the molecule is N#Cc1ccc(N2C(=O)C(=O)/C(=C(\O)c3ccccc3)C2c2ccncc2)cc1. The van der Waals surface area contributed by atoms with Gasteiger partial charge >= 0.3 is 0 Å². The zero-order chi connectivity index (χ0) is 20.4. The topological polar surface area (TPSA) is 94.3 Å². The molecule has 1 saturated heterocycles. The molecule has 0 radical (unpaired) electrons. The molecule has 4 rings (SSSR count). The minimum absolute atomic E-state index is 0.0109. The van der Waals surface area contributed by atoms with Crippen LogP contribution in [0.2, 0.25) is 0 Å². The number of carbonyl (C=O) groups excluding carboxylic acids is 2. The predicted octanol–water partition coefficient (Wildman–Crippen LogP) is 3.58. The average Bonchev–Trinajstić information content (AvgIpc) is 3.05. The van der Waals surface area contributed by atoms with Crippen molar-refractivity contribution in [1.82, 2.24) is 4.98 Å². The molecule has 2 aromatic carbocycles. The minimum Gasteiger partial charge on any atom is -0.507 e. The zero-order valence-corrected chi connectivity index (χ0v) is 15.2. The summed E-state index contributed by atoms with van der Waals surface area (Å²) < 4.78 is 0. The fourth-order valence-electron chi connectivity index (χ4n) is 3.41. The van der Waals surface area contributed by atoms with Gasteiger partial charge in [-0.1, -0.05) is 30.3 Å². The minimum atomic E-state index is -0.814. The molecule has 1 N–H and O–H groups in total. The van der Waals surface area contributed by atoms with Crippen LogP contribution in [0.5, 0.6) is 0 Å². The van der Waals surface area contributed by atoms with Gasteiger partial charge in [0.2, 0.25) is 0 Å². The largest absolute Gasteiger partial charge is 0.507 e. The van der Waals surface area contributed by atoms with Crippen LogP contribution in [-0.4, -0.2) is 21.8 Å². The Labute approximate surface area is 167 Å². The van der Waals surface area contributed by atoms with Gasteiger partial charge in [0.25, 0.3) is 11.7 Å². The summed E-state index contributed by atoms with van der Waals surface area (Å²) in [7, 11) is 0. The molecule has 6 heteroatoms. The molecule has 6 nitrogen and oxygen atoms in total. The highest BCUT2D eigenvalue weighted by atomic mass is 16.3. The van der Waals surface area contributed by atoms with E-state index in [0.29, 0.717) is 22.4 Å². The van der Waals surface area contributed by atoms with Crippen molar-refractivity contribution in [2.45, 2.75) is 6.04 Å². The summed E-state index contributed by atoms with van der Waals surface area (Å²) in [6.45, 7) is 0. The van der Waals surface area contributed by atoms with Crippen LogP contribution < -0.4 is 4.90 Å². The smallest absolute Gasteiger partial charge is 0.300 e. The molecule has 140 valence electrons. The Morgan fingerprint density at radius 1 is 0.966 bits per heavy atom. The standard InChI is InChI=1S/C23H15N3O3/c24-14-15-6-8-18(9-7-15)26-20(16-10-12-25-13-11-16)19(22(28)23(26)29)21(27)17-4-2-1-3-5-17/h1-13,20,27H/b21-19-. The molecular weight excluding hydrogens is 366 g/mol. The number of nitrogens with zero attached hydrogens (tertiary/aromatic N) is 3. The molecule has 0 saturated carbocycles. The van der Waals surface area contributed by atoms with E-state index in [0.717, 1.165) is 0 Å². The molecule has 2 heterocycles. The highest BCUT2D eigenvalue weighted by Gasteiger charge is 2.46. The fraction of sp³-hybridized carbons (Fsp3) is 0.0435. The molecule has 1 aromatic heterocycles. The third kappa shape index (κ3) is 3.15. The van der Waals surface area contributed by atoms with Crippen molar-refractivity contribution < 1.29 is 14.7 Å². The number of Topliss-reactive ketones (excluding diaryl/α,β-unsaturated/α-hetero) is 1. The number of hydrogen-bond acceptors (Lipinski definition) is 5. The van der Waals surface area contributed by atoms with Crippen molar-refractivity contribution in [2.24, 2.45) is 0 Å². The number of nitriles is 1. The first-order valence-electron chi connectivity index (χ1n) is 8.88. The molecule has 3 aromatic rings. The van der Waals surface area contributed by atoms with Gasteiger partial charge in [0, 0.05) is 23.6 Å². The molecule has 0 bridgehead atoms. The Morgan fingerprint density at radius 2 is 1.62 bits per heavy atom.